The molecule has 0 saturated carbocycles. The van der Waals surface area contributed by atoms with Crippen LogP contribution in [-0.4, -0.2) is 30.1 Å². The molecule has 0 unspecified atom stereocenters. The Kier molecular flexibility index (Phi) is 5.99. The summed E-state index contributed by atoms with van der Waals surface area (Å²) < 4.78 is 0. The summed E-state index contributed by atoms with van der Waals surface area (Å²) in [6, 6.07) is 10.0. The second-order valence-corrected chi connectivity index (χ2v) is 6.27. The lowest BCUT2D eigenvalue weighted by Crippen LogP contribution is -2.39. The first-order valence-corrected chi connectivity index (χ1v) is 8.01. The van der Waals surface area contributed by atoms with Crippen LogP contribution in [0.5, 0.6) is 5.75 Å². The van der Waals surface area contributed by atoms with E-state index in [9.17, 15) is 14.7 Å². The van der Waals surface area contributed by atoms with Gasteiger partial charge in [-0.2, -0.15) is 0 Å². The average Bonchev–Trinajstić information content (AvgIpc) is 2.95. The summed E-state index contributed by atoms with van der Waals surface area (Å²) in [7, 11) is 0. The molecule has 4 N–H and O–H groups in total. The molecule has 7 heteroatoms. The van der Waals surface area contributed by atoms with E-state index in [1.165, 1.54) is 17.0 Å². The van der Waals surface area contributed by atoms with E-state index in [0.29, 0.717) is 13.1 Å². The SMILES string of the molecule is Cc1ccc(CNC(=O)NCCNC(=O)c2ccccc2O)s1. The van der Waals surface area contributed by atoms with Gasteiger partial charge in [-0.15, -0.1) is 11.3 Å². The van der Waals surface area contributed by atoms with Crippen LogP contribution < -0.4 is 16.0 Å². The van der Waals surface area contributed by atoms with Gasteiger partial charge >= 0.3 is 6.03 Å². The molecule has 0 aliphatic rings. The Labute approximate surface area is 138 Å². The molecule has 3 amide bonds. The number of urea groups is 1. The smallest absolute Gasteiger partial charge is 0.315 e. The summed E-state index contributed by atoms with van der Waals surface area (Å²) >= 11 is 1.64. The van der Waals surface area contributed by atoms with Crippen molar-refractivity contribution in [1.82, 2.24) is 16.0 Å². The maximum absolute atomic E-state index is 11.8. The molecule has 6 nitrogen and oxygen atoms in total. The molecule has 0 aliphatic heterocycles. The van der Waals surface area contributed by atoms with Crippen molar-refractivity contribution in [3.8, 4) is 5.75 Å². The van der Waals surface area contributed by atoms with Crippen molar-refractivity contribution >= 4 is 23.3 Å². The molecule has 1 aromatic heterocycles. The lowest BCUT2D eigenvalue weighted by atomic mass is 10.2. The largest absolute Gasteiger partial charge is 0.507 e. The Morgan fingerprint density at radius 2 is 1.78 bits per heavy atom. The third kappa shape index (κ3) is 5.30. The predicted molar refractivity (Wildman–Crippen MR) is 89.7 cm³/mol. The quantitative estimate of drug-likeness (QED) is 0.609. The number of hydrogen-bond acceptors (Lipinski definition) is 4. The maximum atomic E-state index is 11.8. The molecular formula is C16H19N3O3S. The lowest BCUT2D eigenvalue weighted by molar-refractivity contribution is 0.0951. The number of benzene rings is 1. The van der Waals surface area contributed by atoms with Crippen LogP contribution in [0.25, 0.3) is 0 Å². The zero-order valence-corrected chi connectivity index (χ0v) is 13.6. The molecule has 2 aromatic rings. The summed E-state index contributed by atoms with van der Waals surface area (Å²) in [4.78, 5) is 25.7. The minimum atomic E-state index is -0.376. The lowest BCUT2D eigenvalue weighted by Gasteiger charge is -2.08. The van der Waals surface area contributed by atoms with Gasteiger partial charge in [-0.05, 0) is 31.2 Å². The number of aryl methyl sites for hydroxylation is 1. The molecule has 0 bridgehead atoms. The monoisotopic (exact) mass is 333 g/mol. The van der Waals surface area contributed by atoms with Gasteiger partial charge in [0.2, 0.25) is 0 Å². The predicted octanol–water partition coefficient (Wildman–Crippen LogP) is 1.99. The van der Waals surface area contributed by atoms with Gasteiger partial charge in [0.25, 0.3) is 5.91 Å². The van der Waals surface area contributed by atoms with Crippen molar-refractivity contribution in [2.24, 2.45) is 0 Å². The van der Waals surface area contributed by atoms with E-state index < -0.39 is 0 Å². The fraction of sp³-hybridized carbons (Fsp3) is 0.250. The Bertz CT molecular complexity index is 685. The Morgan fingerprint density at radius 3 is 2.48 bits per heavy atom. The summed E-state index contributed by atoms with van der Waals surface area (Å²) in [5.74, 6) is -0.443. The van der Waals surface area contributed by atoms with Gasteiger partial charge in [-0.1, -0.05) is 12.1 Å². The number of nitrogens with one attached hydrogen (secondary N) is 3. The molecule has 1 aromatic carbocycles. The molecule has 2 rings (SSSR count). The highest BCUT2D eigenvalue weighted by molar-refractivity contribution is 7.11. The van der Waals surface area contributed by atoms with Crippen LogP contribution in [0.4, 0.5) is 4.79 Å². The first kappa shape index (κ1) is 16.8. The zero-order chi connectivity index (χ0) is 16.7. The van der Waals surface area contributed by atoms with Crippen molar-refractivity contribution in [3.63, 3.8) is 0 Å². The van der Waals surface area contributed by atoms with Gasteiger partial charge in [-0.25, -0.2) is 4.79 Å². The van der Waals surface area contributed by atoms with Gasteiger partial charge < -0.3 is 21.1 Å². The molecule has 0 spiro atoms. The van der Waals surface area contributed by atoms with Gasteiger partial charge in [0.05, 0.1) is 12.1 Å². The number of phenolic OH excluding ortho intramolecular Hbond substituents is 1. The molecule has 0 saturated heterocycles. The van der Waals surface area contributed by atoms with Crippen molar-refractivity contribution in [2.75, 3.05) is 13.1 Å². The first-order valence-electron chi connectivity index (χ1n) is 7.19. The van der Waals surface area contributed by atoms with E-state index in [2.05, 4.69) is 16.0 Å². The van der Waals surface area contributed by atoms with E-state index in [4.69, 9.17) is 0 Å². The Balaban J connectivity index is 1.64. The normalized spacial score (nSPS) is 10.1. The second-order valence-electron chi connectivity index (χ2n) is 4.89. The van der Waals surface area contributed by atoms with E-state index in [1.807, 2.05) is 19.1 Å². The molecule has 0 radical (unpaired) electrons. The van der Waals surface area contributed by atoms with Crippen LogP contribution in [0.15, 0.2) is 36.4 Å². The highest BCUT2D eigenvalue weighted by atomic mass is 32.1. The number of carbonyl (C=O) groups is 2. The summed E-state index contributed by atoms with van der Waals surface area (Å²) in [6.45, 7) is 3.07. The molecule has 0 fully saturated rings. The highest BCUT2D eigenvalue weighted by Gasteiger charge is 2.09. The minimum absolute atomic E-state index is 0.0676. The van der Waals surface area contributed by atoms with Gasteiger partial charge in [0.1, 0.15) is 5.75 Å². The van der Waals surface area contributed by atoms with Crippen molar-refractivity contribution in [3.05, 3.63) is 51.7 Å². The molecular weight excluding hydrogens is 314 g/mol. The molecule has 1 heterocycles. The number of carbonyl (C=O) groups excluding carboxylic acids is 2. The van der Waals surface area contributed by atoms with E-state index in [0.717, 1.165) is 4.88 Å². The third-order valence-corrected chi connectivity index (χ3v) is 4.06. The summed E-state index contributed by atoms with van der Waals surface area (Å²) in [5, 5.41) is 17.6. The van der Waals surface area contributed by atoms with Crippen molar-refractivity contribution in [2.45, 2.75) is 13.5 Å². The van der Waals surface area contributed by atoms with Crippen LogP contribution in [0.3, 0.4) is 0 Å². The number of rotatable bonds is 6. The third-order valence-electron chi connectivity index (χ3n) is 3.06. The second kappa shape index (κ2) is 8.19. The van der Waals surface area contributed by atoms with Crippen LogP contribution >= 0.6 is 11.3 Å². The van der Waals surface area contributed by atoms with Crippen LogP contribution in [0.1, 0.15) is 20.1 Å². The Morgan fingerprint density at radius 1 is 1.04 bits per heavy atom. The maximum Gasteiger partial charge on any atom is 0.315 e. The number of para-hydroxylation sites is 1. The molecule has 23 heavy (non-hydrogen) atoms. The van der Waals surface area contributed by atoms with Crippen molar-refractivity contribution in [1.29, 1.82) is 0 Å². The zero-order valence-electron chi connectivity index (χ0n) is 12.8. The molecule has 0 atom stereocenters. The van der Waals surface area contributed by atoms with E-state index >= 15 is 0 Å². The highest BCUT2D eigenvalue weighted by Crippen LogP contribution is 2.15. The Hall–Kier alpha value is -2.54. The standard InChI is InChI=1S/C16H19N3O3S/c1-11-6-7-12(23-11)10-19-16(22)18-9-8-17-15(21)13-4-2-3-5-14(13)20/h2-7,20H,8-10H2,1H3,(H,17,21)(H2,18,19,22). The number of hydrogen-bond donors (Lipinski definition) is 4. The minimum Gasteiger partial charge on any atom is -0.507 e. The summed E-state index contributed by atoms with van der Waals surface area (Å²) in [6.07, 6.45) is 0. The fourth-order valence-electron chi connectivity index (χ4n) is 1.92. The van der Waals surface area contributed by atoms with Crippen LogP contribution in [0, 0.1) is 6.92 Å². The van der Waals surface area contributed by atoms with Crippen molar-refractivity contribution < 1.29 is 14.7 Å². The number of phenols is 1. The molecule has 122 valence electrons. The van der Waals surface area contributed by atoms with Gasteiger partial charge in [0.15, 0.2) is 0 Å². The topological polar surface area (TPSA) is 90.5 Å². The van der Waals surface area contributed by atoms with Crippen LogP contribution in [-0.2, 0) is 6.54 Å². The van der Waals surface area contributed by atoms with E-state index in [1.54, 1.807) is 23.5 Å². The molecule has 0 aliphatic carbocycles. The first-order chi connectivity index (χ1) is 11.1. The number of aromatic hydroxyl groups is 1. The van der Waals surface area contributed by atoms with Crippen LogP contribution in [0.2, 0.25) is 0 Å². The van der Waals surface area contributed by atoms with E-state index in [-0.39, 0.29) is 29.8 Å². The van der Waals surface area contributed by atoms with Gasteiger partial charge in [0, 0.05) is 22.8 Å². The number of amides is 3. The fourth-order valence-corrected chi connectivity index (χ4v) is 2.75. The van der Waals surface area contributed by atoms with Gasteiger partial charge in [-0.3, -0.25) is 4.79 Å². The number of thiophene rings is 1. The average molecular weight is 333 g/mol. The summed E-state index contributed by atoms with van der Waals surface area (Å²) in [5.41, 5.74) is 0.213.